The fraction of sp³-hybridized carbons (Fsp3) is 0.538. The summed E-state index contributed by atoms with van der Waals surface area (Å²) in [5, 5.41) is 3.02. The molecule has 2 nitrogen and oxygen atoms in total. The number of likely N-dealkylation sites (N-methyl/N-ethyl adjacent to an activating group) is 1. The predicted octanol–water partition coefficient (Wildman–Crippen LogP) is 2.22. The smallest absolute Gasteiger partial charge is 0.123 e. The number of benzene rings is 1. The van der Waals surface area contributed by atoms with Crippen LogP contribution in [0.4, 0.5) is 4.39 Å². The summed E-state index contributed by atoms with van der Waals surface area (Å²) < 4.78 is 18.5. The molecule has 0 bridgehead atoms. The highest BCUT2D eigenvalue weighted by Crippen LogP contribution is 2.16. The van der Waals surface area contributed by atoms with Crippen molar-refractivity contribution in [1.82, 2.24) is 5.32 Å². The van der Waals surface area contributed by atoms with E-state index in [0.29, 0.717) is 6.61 Å². The van der Waals surface area contributed by atoms with Gasteiger partial charge in [0.2, 0.25) is 0 Å². The molecule has 90 valence electrons. The van der Waals surface area contributed by atoms with E-state index in [0.717, 1.165) is 30.7 Å². The summed E-state index contributed by atoms with van der Waals surface area (Å²) in [6, 6.07) is 3.16. The number of hydrogen-bond acceptors (Lipinski definition) is 2. The van der Waals surface area contributed by atoms with Gasteiger partial charge >= 0.3 is 0 Å². The van der Waals surface area contributed by atoms with Crippen LogP contribution in [0, 0.1) is 19.7 Å². The summed E-state index contributed by atoms with van der Waals surface area (Å²) in [7, 11) is 1.90. The molecule has 0 saturated heterocycles. The molecule has 1 N–H and O–H groups in total. The minimum Gasteiger partial charge on any atom is -0.380 e. The first-order valence-electron chi connectivity index (χ1n) is 5.63. The lowest BCUT2D eigenvalue weighted by Crippen LogP contribution is -2.15. The number of hydrogen-bond donors (Lipinski definition) is 1. The van der Waals surface area contributed by atoms with Crippen molar-refractivity contribution < 1.29 is 9.13 Å². The van der Waals surface area contributed by atoms with Gasteiger partial charge in [0.1, 0.15) is 5.82 Å². The van der Waals surface area contributed by atoms with E-state index in [9.17, 15) is 4.39 Å². The molecule has 1 aromatic carbocycles. The van der Waals surface area contributed by atoms with Gasteiger partial charge in [-0.05, 0) is 56.1 Å². The second kappa shape index (κ2) is 6.61. The number of aryl methyl sites for hydroxylation is 2. The van der Waals surface area contributed by atoms with Crippen LogP contribution in [0.3, 0.4) is 0 Å². The van der Waals surface area contributed by atoms with E-state index in [1.807, 2.05) is 20.9 Å². The SMILES string of the molecule is CNCCOCCc1c(C)cc(F)cc1C. The Kier molecular flexibility index (Phi) is 5.43. The molecule has 0 heterocycles. The summed E-state index contributed by atoms with van der Waals surface area (Å²) in [5.74, 6) is -0.158. The van der Waals surface area contributed by atoms with Crippen molar-refractivity contribution in [3.05, 3.63) is 34.6 Å². The Bertz CT molecular complexity index is 316. The second-order valence-corrected chi connectivity index (χ2v) is 3.98. The van der Waals surface area contributed by atoms with Crippen molar-refractivity contribution in [3.63, 3.8) is 0 Å². The van der Waals surface area contributed by atoms with Crippen molar-refractivity contribution in [1.29, 1.82) is 0 Å². The average Bonchev–Trinajstić information content (AvgIpc) is 2.20. The number of nitrogens with one attached hydrogen (secondary N) is 1. The highest BCUT2D eigenvalue weighted by atomic mass is 19.1. The van der Waals surface area contributed by atoms with Crippen LogP contribution < -0.4 is 5.32 Å². The van der Waals surface area contributed by atoms with Crippen LogP contribution >= 0.6 is 0 Å². The predicted molar refractivity (Wildman–Crippen MR) is 64.3 cm³/mol. The maximum atomic E-state index is 13.1. The molecule has 1 rings (SSSR count). The maximum Gasteiger partial charge on any atom is 0.123 e. The molecule has 16 heavy (non-hydrogen) atoms. The third-order valence-corrected chi connectivity index (χ3v) is 2.65. The molecule has 0 spiro atoms. The number of ether oxygens (including phenoxy) is 1. The number of halogens is 1. The summed E-state index contributed by atoms with van der Waals surface area (Å²) in [4.78, 5) is 0. The highest BCUT2D eigenvalue weighted by Gasteiger charge is 2.04. The van der Waals surface area contributed by atoms with Gasteiger partial charge in [-0.3, -0.25) is 0 Å². The third-order valence-electron chi connectivity index (χ3n) is 2.65. The quantitative estimate of drug-likeness (QED) is 0.750. The lowest BCUT2D eigenvalue weighted by atomic mass is 10.0. The van der Waals surface area contributed by atoms with Crippen molar-refractivity contribution in [2.24, 2.45) is 0 Å². The van der Waals surface area contributed by atoms with Gasteiger partial charge in [0.25, 0.3) is 0 Å². The Balaban J connectivity index is 2.47. The minimum absolute atomic E-state index is 0.158. The summed E-state index contributed by atoms with van der Waals surface area (Å²) in [6.07, 6.45) is 0.849. The second-order valence-electron chi connectivity index (χ2n) is 3.98. The first-order valence-corrected chi connectivity index (χ1v) is 5.63. The zero-order valence-corrected chi connectivity index (χ0v) is 10.3. The lowest BCUT2D eigenvalue weighted by molar-refractivity contribution is 0.140. The van der Waals surface area contributed by atoms with E-state index < -0.39 is 0 Å². The summed E-state index contributed by atoms with van der Waals surface area (Å²) in [6.45, 7) is 6.16. The largest absolute Gasteiger partial charge is 0.380 e. The van der Waals surface area contributed by atoms with Gasteiger partial charge in [-0.25, -0.2) is 4.39 Å². The van der Waals surface area contributed by atoms with E-state index >= 15 is 0 Å². The first kappa shape index (κ1) is 13.1. The van der Waals surface area contributed by atoms with E-state index in [4.69, 9.17) is 4.74 Å². The van der Waals surface area contributed by atoms with Gasteiger partial charge in [-0.2, -0.15) is 0 Å². The van der Waals surface area contributed by atoms with Crippen LogP contribution in [0.1, 0.15) is 16.7 Å². The Morgan fingerprint density at radius 2 is 1.81 bits per heavy atom. The summed E-state index contributed by atoms with van der Waals surface area (Å²) in [5.41, 5.74) is 3.22. The molecular formula is C13H20FNO. The Labute approximate surface area is 96.8 Å². The Morgan fingerprint density at radius 3 is 2.38 bits per heavy atom. The molecule has 0 atom stereocenters. The van der Waals surface area contributed by atoms with Gasteiger partial charge in [-0.1, -0.05) is 0 Å². The fourth-order valence-corrected chi connectivity index (χ4v) is 1.79. The standard InChI is InChI=1S/C13H20FNO/c1-10-8-12(14)9-11(2)13(10)4-6-16-7-5-15-3/h8-9,15H,4-7H2,1-3H3. The molecule has 0 saturated carbocycles. The van der Waals surface area contributed by atoms with E-state index in [1.54, 1.807) is 12.1 Å². The topological polar surface area (TPSA) is 21.3 Å². The molecule has 1 aromatic rings. The van der Waals surface area contributed by atoms with Gasteiger partial charge in [0.05, 0.1) is 13.2 Å². The van der Waals surface area contributed by atoms with Gasteiger partial charge < -0.3 is 10.1 Å². The molecule has 0 unspecified atom stereocenters. The van der Waals surface area contributed by atoms with Crippen LogP contribution in [0.2, 0.25) is 0 Å². The van der Waals surface area contributed by atoms with Gasteiger partial charge in [0.15, 0.2) is 0 Å². The zero-order chi connectivity index (χ0) is 12.0. The van der Waals surface area contributed by atoms with E-state index in [-0.39, 0.29) is 5.82 Å². The Morgan fingerprint density at radius 1 is 1.19 bits per heavy atom. The molecule has 0 radical (unpaired) electrons. The van der Waals surface area contributed by atoms with E-state index in [2.05, 4.69) is 5.32 Å². The van der Waals surface area contributed by atoms with Crippen LogP contribution in [-0.4, -0.2) is 26.8 Å². The third kappa shape index (κ3) is 3.91. The molecule has 0 aromatic heterocycles. The highest BCUT2D eigenvalue weighted by molar-refractivity contribution is 5.34. The minimum atomic E-state index is -0.158. The van der Waals surface area contributed by atoms with Gasteiger partial charge in [-0.15, -0.1) is 0 Å². The van der Waals surface area contributed by atoms with Crippen molar-refractivity contribution in [2.45, 2.75) is 20.3 Å². The molecule has 0 amide bonds. The first-order chi connectivity index (χ1) is 7.65. The molecule has 0 aliphatic heterocycles. The van der Waals surface area contributed by atoms with Crippen LogP contribution in [-0.2, 0) is 11.2 Å². The fourth-order valence-electron chi connectivity index (χ4n) is 1.79. The average molecular weight is 225 g/mol. The molecule has 0 aliphatic rings. The van der Waals surface area contributed by atoms with Crippen LogP contribution in [0.15, 0.2) is 12.1 Å². The molecular weight excluding hydrogens is 205 g/mol. The lowest BCUT2D eigenvalue weighted by Gasteiger charge is -2.10. The normalized spacial score (nSPS) is 10.8. The summed E-state index contributed by atoms with van der Waals surface area (Å²) >= 11 is 0. The van der Waals surface area contributed by atoms with Crippen molar-refractivity contribution >= 4 is 0 Å². The van der Waals surface area contributed by atoms with Crippen LogP contribution in [0.5, 0.6) is 0 Å². The number of rotatable bonds is 6. The van der Waals surface area contributed by atoms with Crippen molar-refractivity contribution in [3.8, 4) is 0 Å². The molecule has 0 aliphatic carbocycles. The zero-order valence-electron chi connectivity index (χ0n) is 10.3. The monoisotopic (exact) mass is 225 g/mol. The Hall–Kier alpha value is -0.930. The van der Waals surface area contributed by atoms with Crippen molar-refractivity contribution in [2.75, 3.05) is 26.8 Å². The van der Waals surface area contributed by atoms with Crippen LogP contribution in [0.25, 0.3) is 0 Å². The maximum absolute atomic E-state index is 13.1. The molecule has 3 heteroatoms. The van der Waals surface area contributed by atoms with Gasteiger partial charge in [0, 0.05) is 6.54 Å². The molecule has 0 fully saturated rings. The van der Waals surface area contributed by atoms with E-state index in [1.165, 1.54) is 5.56 Å².